The van der Waals surface area contributed by atoms with Gasteiger partial charge in [-0.05, 0) is 64.2 Å². The van der Waals surface area contributed by atoms with Crippen molar-refractivity contribution in [1.29, 1.82) is 0 Å². The van der Waals surface area contributed by atoms with Crippen LogP contribution in [0.4, 0.5) is 0 Å². The van der Waals surface area contributed by atoms with Gasteiger partial charge >= 0.3 is 0 Å². The van der Waals surface area contributed by atoms with E-state index >= 15 is 0 Å². The van der Waals surface area contributed by atoms with E-state index in [2.05, 4.69) is 59.3 Å². The second kappa shape index (κ2) is 36.1. The Balaban J connectivity index is 0. The van der Waals surface area contributed by atoms with E-state index in [0.29, 0.717) is 0 Å². The number of halogens is 1. The number of ether oxygens (including phenoxy) is 2. The van der Waals surface area contributed by atoms with Crippen LogP contribution in [-0.4, -0.2) is 58.1 Å². The maximum absolute atomic E-state index is 6.30. The van der Waals surface area contributed by atoms with Crippen LogP contribution in [0.15, 0.2) is 24.3 Å². The highest BCUT2D eigenvalue weighted by Gasteiger charge is 2.19. The van der Waals surface area contributed by atoms with Gasteiger partial charge in [-0.15, -0.1) is 0 Å². The van der Waals surface area contributed by atoms with Crippen LogP contribution >= 0.6 is 0 Å². The van der Waals surface area contributed by atoms with Crippen LogP contribution in [0.3, 0.4) is 0 Å². The van der Waals surface area contributed by atoms with E-state index in [4.69, 9.17) is 9.47 Å². The Labute approximate surface area is 278 Å². The number of unbranched alkanes of at least 4 members (excludes halogenated alkanes) is 21. The summed E-state index contributed by atoms with van der Waals surface area (Å²) in [4.78, 5) is 0. The number of hydrogen-bond acceptors (Lipinski definition) is 2. The van der Waals surface area contributed by atoms with Gasteiger partial charge in [-0.25, -0.2) is 0 Å². The third-order valence-electron chi connectivity index (χ3n) is 8.12. The van der Waals surface area contributed by atoms with Gasteiger partial charge in [0.2, 0.25) is 0 Å². The van der Waals surface area contributed by atoms with Crippen molar-refractivity contribution in [2.45, 2.75) is 180 Å². The van der Waals surface area contributed by atoms with Crippen LogP contribution < -0.4 is 12.4 Å². The lowest BCUT2D eigenvalue weighted by Crippen LogP contribution is -3.00. The van der Waals surface area contributed by atoms with E-state index in [-0.39, 0.29) is 18.5 Å². The molecule has 0 fully saturated rings. The lowest BCUT2D eigenvalue weighted by atomic mass is 10.1. The molecule has 0 saturated heterocycles. The molecule has 0 spiro atoms. The van der Waals surface area contributed by atoms with Gasteiger partial charge in [0.15, 0.2) is 0 Å². The average Bonchev–Trinajstić information content (AvgIpc) is 2.95. The van der Waals surface area contributed by atoms with Crippen molar-refractivity contribution in [3.63, 3.8) is 0 Å². The number of quaternary nitrogens is 1. The second-order valence-corrected chi connectivity index (χ2v) is 13.9. The third kappa shape index (κ3) is 39.6. The molecule has 0 aromatic heterocycles. The summed E-state index contributed by atoms with van der Waals surface area (Å²) in [6.45, 7) is 8.07. The first-order valence-electron chi connectivity index (χ1n) is 18.8. The van der Waals surface area contributed by atoms with E-state index in [9.17, 15) is 0 Å². The lowest BCUT2D eigenvalue weighted by molar-refractivity contribution is -0.873. The summed E-state index contributed by atoms with van der Waals surface area (Å²) in [5, 5.41) is 0. The minimum Gasteiger partial charge on any atom is -1.00 e. The van der Waals surface area contributed by atoms with Crippen molar-refractivity contribution in [3.05, 3.63) is 24.3 Å². The summed E-state index contributed by atoms with van der Waals surface area (Å²) in [5.41, 5.74) is 0. The Morgan fingerprint density at radius 3 is 1.21 bits per heavy atom. The molecule has 0 aliphatic carbocycles. The van der Waals surface area contributed by atoms with Crippen molar-refractivity contribution in [2.24, 2.45) is 0 Å². The minimum atomic E-state index is 0. The van der Waals surface area contributed by atoms with Crippen molar-refractivity contribution in [3.8, 4) is 0 Å². The fraction of sp³-hybridized carbons (Fsp3) is 0.897. The summed E-state index contributed by atoms with van der Waals surface area (Å²) in [6, 6.07) is 0. The van der Waals surface area contributed by atoms with Crippen molar-refractivity contribution in [1.82, 2.24) is 0 Å². The molecular weight excluding hydrogens is 550 g/mol. The Kier molecular flexibility index (Phi) is 37.6. The van der Waals surface area contributed by atoms with Gasteiger partial charge in [0.1, 0.15) is 12.6 Å². The molecule has 0 aliphatic heterocycles. The van der Waals surface area contributed by atoms with Crippen LogP contribution in [0.25, 0.3) is 0 Å². The summed E-state index contributed by atoms with van der Waals surface area (Å²) >= 11 is 0. The van der Waals surface area contributed by atoms with Gasteiger partial charge < -0.3 is 26.4 Å². The zero-order valence-corrected chi connectivity index (χ0v) is 30.8. The maximum atomic E-state index is 6.30. The molecule has 0 aromatic carbocycles. The fourth-order valence-corrected chi connectivity index (χ4v) is 5.50. The first-order valence-corrected chi connectivity index (χ1v) is 18.8. The zero-order valence-electron chi connectivity index (χ0n) is 30.0. The van der Waals surface area contributed by atoms with Gasteiger partial charge in [-0.1, -0.05) is 134 Å². The lowest BCUT2D eigenvalue weighted by Gasteiger charge is -2.29. The summed E-state index contributed by atoms with van der Waals surface area (Å²) in [5.74, 6) is 0. The van der Waals surface area contributed by atoms with Crippen LogP contribution in [0.2, 0.25) is 0 Å². The molecule has 258 valence electrons. The molecular formula is C39H78ClNO2. The van der Waals surface area contributed by atoms with Crippen molar-refractivity contribution < 1.29 is 26.4 Å². The molecule has 3 nitrogen and oxygen atoms in total. The van der Waals surface area contributed by atoms with E-state index in [0.717, 1.165) is 30.8 Å². The monoisotopic (exact) mass is 628 g/mol. The molecule has 0 amide bonds. The Morgan fingerprint density at radius 2 is 0.814 bits per heavy atom. The van der Waals surface area contributed by atoms with Gasteiger partial charge in [-0.3, -0.25) is 0 Å². The first-order chi connectivity index (χ1) is 20.5. The molecule has 1 atom stereocenters. The molecule has 43 heavy (non-hydrogen) atoms. The molecule has 0 heterocycles. The highest BCUT2D eigenvalue weighted by atomic mass is 35.5. The third-order valence-corrected chi connectivity index (χ3v) is 8.12. The molecule has 1 unspecified atom stereocenters. The molecule has 0 rings (SSSR count). The predicted molar refractivity (Wildman–Crippen MR) is 189 cm³/mol. The molecule has 0 radical (unpaired) electrons. The normalized spacial score (nSPS) is 12.9. The number of nitrogens with zero attached hydrogens (tertiary/aromatic N) is 1. The van der Waals surface area contributed by atoms with Gasteiger partial charge in [0.05, 0.1) is 27.7 Å². The van der Waals surface area contributed by atoms with Gasteiger partial charge in [0.25, 0.3) is 0 Å². The minimum absolute atomic E-state index is 0. The highest BCUT2D eigenvalue weighted by Crippen LogP contribution is 2.12. The van der Waals surface area contributed by atoms with Crippen LogP contribution in [-0.2, 0) is 9.47 Å². The number of rotatable bonds is 34. The number of allylic oxidation sites excluding steroid dienone is 4. The molecule has 0 aliphatic rings. The SMILES string of the molecule is CCCCCCC/C=C\CCCCCCOCC(C[N+](C)(C)C)OCCCCCCCC/C=C\CCCCCCCC.[Cl-]. The maximum Gasteiger partial charge on any atom is 0.130 e. The average molecular weight is 629 g/mol. The molecule has 0 aromatic rings. The standard InChI is InChI=1S/C39H78NO2.ClH/c1-6-8-10-12-14-16-18-20-21-22-24-26-28-30-32-34-36-42-39(37-40(3,4)5)38-41-35-33-31-29-27-25-23-19-17-15-13-11-9-7-2;/h19-21,23,39H,6-18,22,24-38H2,1-5H3;1H/q+1;/p-1/b21-20-,23-19-;. The molecule has 4 heteroatoms. The first kappa shape index (κ1) is 44.8. The van der Waals surface area contributed by atoms with E-state index < -0.39 is 0 Å². The van der Waals surface area contributed by atoms with E-state index in [1.807, 2.05) is 0 Å². The van der Waals surface area contributed by atoms with Crippen molar-refractivity contribution in [2.75, 3.05) is 47.5 Å². The van der Waals surface area contributed by atoms with Gasteiger partial charge in [-0.2, -0.15) is 0 Å². The van der Waals surface area contributed by atoms with Gasteiger partial charge in [0, 0.05) is 13.2 Å². The quantitative estimate of drug-likeness (QED) is 0.0403. The Bertz CT molecular complexity index is 572. The zero-order chi connectivity index (χ0) is 30.8. The Hall–Kier alpha value is -0.350. The number of likely N-dealkylation sites (N-methyl/N-ethyl adjacent to an activating group) is 1. The predicted octanol–water partition coefficient (Wildman–Crippen LogP) is 9.00. The van der Waals surface area contributed by atoms with Crippen LogP contribution in [0, 0.1) is 0 Å². The molecule has 0 bridgehead atoms. The van der Waals surface area contributed by atoms with Crippen molar-refractivity contribution >= 4 is 0 Å². The molecule has 0 saturated carbocycles. The van der Waals surface area contributed by atoms with Crippen LogP contribution in [0.1, 0.15) is 174 Å². The summed E-state index contributed by atoms with van der Waals surface area (Å²) in [7, 11) is 6.75. The van der Waals surface area contributed by atoms with E-state index in [1.54, 1.807) is 0 Å². The Morgan fingerprint density at radius 1 is 0.465 bits per heavy atom. The topological polar surface area (TPSA) is 18.5 Å². The van der Waals surface area contributed by atoms with E-state index in [1.165, 1.54) is 161 Å². The summed E-state index contributed by atoms with van der Waals surface area (Å²) < 4.78 is 13.3. The fourth-order valence-electron chi connectivity index (χ4n) is 5.50. The largest absolute Gasteiger partial charge is 1.00 e. The highest BCUT2D eigenvalue weighted by molar-refractivity contribution is 4.82. The van der Waals surface area contributed by atoms with Crippen LogP contribution in [0.5, 0.6) is 0 Å². The molecule has 0 N–H and O–H groups in total. The second-order valence-electron chi connectivity index (χ2n) is 13.9. The smallest absolute Gasteiger partial charge is 0.130 e. The summed E-state index contributed by atoms with van der Waals surface area (Å²) in [6.07, 6.45) is 43.2. The number of hydrogen-bond donors (Lipinski definition) is 0.